The summed E-state index contributed by atoms with van der Waals surface area (Å²) in [5, 5.41) is 5.03. The summed E-state index contributed by atoms with van der Waals surface area (Å²) in [6, 6.07) is 14.2. The summed E-state index contributed by atoms with van der Waals surface area (Å²) < 4.78 is 24.5. The first-order valence-electron chi connectivity index (χ1n) is 10.0. The number of fused-ring (bicyclic) bond motifs is 1. The number of benzene rings is 2. The molecule has 8 nitrogen and oxygen atoms in total. The van der Waals surface area contributed by atoms with Gasteiger partial charge in [0.25, 0.3) is 5.91 Å². The molecule has 1 aliphatic rings. The van der Waals surface area contributed by atoms with Crippen molar-refractivity contribution in [2.45, 2.75) is 6.42 Å². The number of carbonyl (C=O) groups is 2. The summed E-state index contributed by atoms with van der Waals surface area (Å²) in [4.78, 5) is 30.9. The van der Waals surface area contributed by atoms with E-state index in [4.69, 9.17) is 0 Å². The van der Waals surface area contributed by atoms with Crippen molar-refractivity contribution in [3.8, 4) is 11.3 Å². The second-order valence-corrected chi connectivity index (χ2v) is 10.4. The quantitative estimate of drug-likeness (QED) is 0.554. The Labute approximate surface area is 196 Å². The number of anilines is 2. The molecule has 170 valence electrons. The molecule has 1 aliphatic heterocycles. The van der Waals surface area contributed by atoms with Gasteiger partial charge < -0.3 is 10.2 Å². The van der Waals surface area contributed by atoms with Crippen molar-refractivity contribution in [2.24, 2.45) is 0 Å². The van der Waals surface area contributed by atoms with Crippen LogP contribution in [0, 0.1) is 0 Å². The van der Waals surface area contributed by atoms with Crippen LogP contribution in [-0.2, 0) is 14.8 Å². The number of rotatable bonds is 7. The number of thiazole rings is 1. The standard InChI is InChI=1S/C23H22N4O4S2/c1-15-18-6-4-5-7-19(18)22(29)27(15)13-12-21(28)25-23-24-20(14-32-23)16-8-10-17(11-9-16)26(2)33(3,30)31/h4-11,14H,1,12-13H2,2-3H3,(H,24,25,28). The second kappa shape index (κ2) is 8.80. The molecule has 3 aromatic rings. The molecule has 2 aromatic carbocycles. The van der Waals surface area contributed by atoms with Gasteiger partial charge in [0, 0.05) is 47.8 Å². The fourth-order valence-electron chi connectivity index (χ4n) is 3.46. The predicted molar refractivity (Wildman–Crippen MR) is 131 cm³/mol. The molecule has 0 unspecified atom stereocenters. The van der Waals surface area contributed by atoms with Crippen LogP contribution in [0.25, 0.3) is 17.0 Å². The normalized spacial score (nSPS) is 13.2. The fourth-order valence-corrected chi connectivity index (χ4v) is 4.70. The zero-order chi connectivity index (χ0) is 23.8. The Hall–Kier alpha value is -3.50. The van der Waals surface area contributed by atoms with Crippen LogP contribution in [0.5, 0.6) is 0 Å². The van der Waals surface area contributed by atoms with Gasteiger partial charge in [0.05, 0.1) is 17.6 Å². The van der Waals surface area contributed by atoms with Gasteiger partial charge in [-0.3, -0.25) is 13.9 Å². The second-order valence-electron chi connectivity index (χ2n) is 7.56. The first-order valence-corrected chi connectivity index (χ1v) is 12.8. The third-order valence-electron chi connectivity index (χ3n) is 5.38. The summed E-state index contributed by atoms with van der Waals surface area (Å²) in [6.07, 6.45) is 1.25. The number of amides is 2. The molecule has 0 bridgehead atoms. The van der Waals surface area contributed by atoms with Crippen molar-refractivity contribution in [3.05, 3.63) is 71.6 Å². The highest BCUT2D eigenvalue weighted by molar-refractivity contribution is 7.92. The Morgan fingerprint density at radius 1 is 1.15 bits per heavy atom. The third-order valence-corrected chi connectivity index (χ3v) is 7.34. The van der Waals surface area contributed by atoms with Crippen molar-refractivity contribution in [2.75, 3.05) is 29.5 Å². The SMILES string of the molecule is C=C1c2ccccc2C(=O)N1CCC(=O)Nc1nc(-c2ccc(N(C)S(C)(=O)=O)cc2)cs1. The lowest BCUT2D eigenvalue weighted by Gasteiger charge is -2.16. The predicted octanol–water partition coefficient (Wildman–Crippen LogP) is 3.66. The maximum absolute atomic E-state index is 12.5. The van der Waals surface area contributed by atoms with Crippen molar-refractivity contribution < 1.29 is 18.0 Å². The maximum Gasteiger partial charge on any atom is 0.258 e. The van der Waals surface area contributed by atoms with Gasteiger partial charge in [-0.05, 0) is 18.2 Å². The van der Waals surface area contributed by atoms with Gasteiger partial charge in [0.1, 0.15) is 0 Å². The maximum atomic E-state index is 12.5. The van der Waals surface area contributed by atoms with Crippen LogP contribution in [0.3, 0.4) is 0 Å². The molecule has 10 heteroatoms. The molecular formula is C23H22N4O4S2. The average Bonchev–Trinajstić information content (AvgIpc) is 3.34. The van der Waals surface area contributed by atoms with Crippen LogP contribution in [0.2, 0.25) is 0 Å². The van der Waals surface area contributed by atoms with Crippen molar-refractivity contribution in [1.29, 1.82) is 0 Å². The zero-order valence-electron chi connectivity index (χ0n) is 18.1. The number of nitrogens with one attached hydrogen (secondary N) is 1. The minimum absolute atomic E-state index is 0.111. The number of aromatic nitrogens is 1. The average molecular weight is 483 g/mol. The minimum atomic E-state index is -3.33. The van der Waals surface area contributed by atoms with Crippen LogP contribution in [0.15, 0.2) is 60.5 Å². The monoisotopic (exact) mass is 482 g/mol. The molecule has 4 rings (SSSR count). The molecule has 0 radical (unpaired) electrons. The molecule has 0 aliphatic carbocycles. The first kappa shape index (κ1) is 22.7. The third kappa shape index (κ3) is 4.67. The summed E-state index contributed by atoms with van der Waals surface area (Å²) in [5.74, 6) is -0.400. The molecule has 33 heavy (non-hydrogen) atoms. The van der Waals surface area contributed by atoms with Crippen LogP contribution in [0.1, 0.15) is 22.3 Å². The molecule has 0 atom stereocenters. The van der Waals surface area contributed by atoms with E-state index >= 15 is 0 Å². The Kier molecular flexibility index (Phi) is 6.05. The van der Waals surface area contributed by atoms with Crippen LogP contribution in [0.4, 0.5) is 10.8 Å². The van der Waals surface area contributed by atoms with Crippen molar-refractivity contribution >= 4 is 49.7 Å². The van der Waals surface area contributed by atoms with Gasteiger partial charge in [0.15, 0.2) is 5.13 Å². The zero-order valence-corrected chi connectivity index (χ0v) is 19.7. The number of hydrogen-bond acceptors (Lipinski definition) is 6. The highest BCUT2D eigenvalue weighted by atomic mass is 32.2. The molecule has 0 saturated heterocycles. The molecule has 0 fully saturated rings. The summed E-state index contributed by atoms with van der Waals surface area (Å²) in [7, 11) is -1.84. The highest BCUT2D eigenvalue weighted by Gasteiger charge is 2.30. The molecule has 0 spiro atoms. The van der Waals surface area contributed by atoms with E-state index in [1.54, 1.807) is 36.4 Å². The van der Waals surface area contributed by atoms with E-state index in [2.05, 4.69) is 16.9 Å². The summed E-state index contributed by atoms with van der Waals surface area (Å²) in [6.45, 7) is 4.21. The van der Waals surface area contributed by atoms with Crippen molar-refractivity contribution in [3.63, 3.8) is 0 Å². The largest absolute Gasteiger partial charge is 0.308 e. The minimum Gasteiger partial charge on any atom is -0.308 e. The summed E-state index contributed by atoms with van der Waals surface area (Å²) in [5.41, 5.74) is 4.01. The van der Waals surface area contributed by atoms with Crippen molar-refractivity contribution in [1.82, 2.24) is 9.88 Å². The van der Waals surface area contributed by atoms with Gasteiger partial charge in [-0.15, -0.1) is 11.3 Å². The highest BCUT2D eigenvalue weighted by Crippen LogP contribution is 2.31. The fraction of sp³-hybridized carbons (Fsp3) is 0.174. The smallest absolute Gasteiger partial charge is 0.258 e. The summed E-state index contributed by atoms with van der Waals surface area (Å²) >= 11 is 1.29. The lowest BCUT2D eigenvalue weighted by molar-refractivity contribution is -0.116. The molecular weight excluding hydrogens is 460 g/mol. The Morgan fingerprint density at radius 2 is 1.82 bits per heavy atom. The molecule has 1 aromatic heterocycles. The van der Waals surface area contributed by atoms with E-state index in [-0.39, 0.29) is 24.8 Å². The van der Waals surface area contributed by atoms with E-state index in [1.165, 1.54) is 27.6 Å². The Morgan fingerprint density at radius 3 is 2.45 bits per heavy atom. The van der Waals surface area contributed by atoms with Gasteiger partial charge in [-0.25, -0.2) is 13.4 Å². The van der Waals surface area contributed by atoms with Crippen LogP contribution >= 0.6 is 11.3 Å². The Balaban J connectivity index is 1.36. The molecule has 2 heterocycles. The van der Waals surface area contributed by atoms with Crippen LogP contribution in [-0.4, -0.2) is 50.0 Å². The molecule has 1 N–H and O–H groups in total. The molecule has 0 saturated carbocycles. The topological polar surface area (TPSA) is 99.7 Å². The van der Waals surface area contributed by atoms with E-state index in [0.717, 1.165) is 17.4 Å². The Bertz CT molecular complexity index is 1310. The lowest BCUT2D eigenvalue weighted by Crippen LogP contribution is -2.27. The lowest BCUT2D eigenvalue weighted by atomic mass is 10.1. The van der Waals surface area contributed by atoms with Gasteiger partial charge in [-0.2, -0.15) is 0 Å². The van der Waals surface area contributed by atoms with Gasteiger partial charge in [-0.1, -0.05) is 36.9 Å². The number of carbonyl (C=O) groups excluding carboxylic acids is 2. The van der Waals surface area contributed by atoms with E-state index < -0.39 is 10.0 Å². The number of sulfonamides is 1. The number of hydrogen-bond donors (Lipinski definition) is 1. The first-order chi connectivity index (χ1) is 15.6. The molecule has 2 amide bonds. The van der Waals surface area contributed by atoms with Gasteiger partial charge >= 0.3 is 0 Å². The number of nitrogens with zero attached hydrogens (tertiary/aromatic N) is 3. The van der Waals surface area contributed by atoms with E-state index in [9.17, 15) is 18.0 Å². The van der Waals surface area contributed by atoms with Crippen LogP contribution < -0.4 is 9.62 Å². The van der Waals surface area contributed by atoms with E-state index in [0.29, 0.717) is 27.8 Å². The van der Waals surface area contributed by atoms with Gasteiger partial charge in [0.2, 0.25) is 15.9 Å². The van der Waals surface area contributed by atoms with E-state index in [1.807, 2.05) is 17.5 Å².